The molecule has 7 rings (SSSR count). The molecule has 0 fully saturated rings. The number of hydrogen-bond acceptors (Lipinski definition) is 2. The minimum atomic E-state index is 1.13. The summed E-state index contributed by atoms with van der Waals surface area (Å²) in [5.74, 6) is 0. The topological polar surface area (TPSA) is 6.48 Å². The third-order valence-electron chi connectivity index (χ3n) is 9.42. The highest BCUT2D eigenvalue weighted by Gasteiger charge is 2.13. The Hall–Kier alpha value is -6.38. The van der Waals surface area contributed by atoms with Gasteiger partial charge in [0.2, 0.25) is 0 Å². The standard InChI is InChI=1S/C50H44N2/c1-37-13-11-19-49(33-37)51(45-15-7-5-8-16-45)47-29-23-41(24-30-47)21-27-43-35-40(4)44(36-39(43)3)28-22-42-25-31-48(32-26-42)52(46-17-9-6-10-18-46)50-20-12-14-38(2)34-50/h5-36H,1-4H3/b27-21+,28-22+. The molecule has 0 radical (unpaired) electrons. The highest BCUT2D eigenvalue weighted by molar-refractivity contribution is 5.81. The van der Waals surface area contributed by atoms with Crippen LogP contribution in [0.25, 0.3) is 24.3 Å². The molecule has 254 valence electrons. The Kier molecular flexibility index (Phi) is 10.3. The quantitative estimate of drug-likeness (QED) is 0.133. The normalized spacial score (nSPS) is 11.3. The Morgan fingerprint density at radius 3 is 1.02 bits per heavy atom. The monoisotopic (exact) mass is 672 g/mol. The minimum Gasteiger partial charge on any atom is -0.310 e. The molecule has 52 heavy (non-hydrogen) atoms. The number of aryl methyl sites for hydroxylation is 4. The molecule has 0 aliphatic carbocycles. The molecule has 7 aromatic carbocycles. The zero-order valence-corrected chi connectivity index (χ0v) is 30.4. The molecule has 0 saturated carbocycles. The molecule has 0 bridgehead atoms. The number of rotatable bonds is 10. The molecule has 0 amide bonds. The molecule has 0 aromatic heterocycles. The van der Waals surface area contributed by atoms with Crippen LogP contribution in [0.5, 0.6) is 0 Å². The van der Waals surface area contributed by atoms with Crippen LogP contribution >= 0.6 is 0 Å². The Labute approximate surface area is 309 Å². The molecular formula is C50H44N2. The van der Waals surface area contributed by atoms with Gasteiger partial charge in [0.1, 0.15) is 0 Å². The van der Waals surface area contributed by atoms with Crippen LogP contribution in [0.3, 0.4) is 0 Å². The van der Waals surface area contributed by atoms with E-state index in [1.54, 1.807) is 0 Å². The van der Waals surface area contributed by atoms with Crippen LogP contribution in [0.1, 0.15) is 44.5 Å². The molecule has 0 saturated heterocycles. The lowest BCUT2D eigenvalue weighted by molar-refractivity contribution is 1.27. The van der Waals surface area contributed by atoms with Crippen molar-refractivity contribution in [2.24, 2.45) is 0 Å². The van der Waals surface area contributed by atoms with Crippen LogP contribution in [0.15, 0.2) is 170 Å². The zero-order valence-electron chi connectivity index (χ0n) is 30.4. The van der Waals surface area contributed by atoms with Crippen molar-refractivity contribution in [3.05, 3.63) is 214 Å². The van der Waals surface area contributed by atoms with Gasteiger partial charge in [0, 0.05) is 34.1 Å². The van der Waals surface area contributed by atoms with E-state index in [0.717, 1.165) is 34.1 Å². The van der Waals surface area contributed by atoms with E-state index < -0.39 is 0 Å². The van der Waals surface area contributed by atoms with Gasteiger partial charge in [-0.3, -0.25) is 0 Å². The van der Waals surface area contributed by atoms with Crippen LogP contribution in [0.2, 0.25) is 0 Å². The summed E-state index contributed by atoms with van der Waals surface area (Å²) in [6, 6.07) is 60.6. The lowest BCUT2D eigenvalue weighted by atomic mass is 9.98. The van der Waals surface area contributed by atoms with Gasteiger partial charge in [-0.15, -0.1) is 0 Å². The smallest absolute Gasteiger partial charge is 0.0464 e. The first-order chi connectivity index (χ1) is 25.4. The van der Waals surface area contributed by atoms with E-state index in [-0.39, 0.29) is 0 Å². The summed E-state index contributed by atoms with van der Waals surface area (Å²) in [5.41, 5.74) is 16.6. The summed E-state index contributed by atoms with van der Waals surface area (Å²) in [6.07, 6.45) is 8.87. The Morgan fingerprint density at radius 1 is 0.308 bits per heavy atom. The molecule has 7 aromatic rings. The SMILES string of the molecule is Cc1cccc(N(c2ccccc2)c2ccc(/C=C/c3cc(C)c(/C=C/c4ccc(N(c5ccccc5)c5cccc(C)c5)cc4)cc3C)cc2)c1. The predicted molar refractivity (Wildman–Crippen MR) is 225 cm³/mol. The van der Waals surface area contributed by atoms with Crippen molar-refractivity contribution in [1.82, 2.24) is 0 Å². The third kappa shape index (κ3) is 7.98. The highest BCUT2D eigenvalue weighted by atomic mass is 15.1. The summed E-state index contributed by atoms with van der Waals surface area (Å²) >= 11 is 0. The van der Waals surface area contributed by atoms with Gasteiger partial charge in [-0.25, -0.2) is 0 Å². The first-order valence-electron chi connectivity index (χ1n) is 17.9. The van der Waals surface area contributed by atoms with E-state index in [9.17, 15) is 0 Å². The molecule has 2 heteroatoms. The summed E-state index contributed by atoms with van der Waals surface area (Å²) in [5, 5.41) is 0. The molecule has 0 aliphatic rings. The molecule has 0 spiro atoms. The summed E-state index contributed by atoms with van der Waals surface area (Å²) in [4.78, 5) is 4.61. The van der Waals surface area contributed by atoms with E-state index in [1.807, 2.05) is 0 Å². The van der Waals surface area contributed by atoms with Crippen LogP contribution in [-0.2, 0) is 0 Å². The van der Waals surface area contributed by atoms with Crippen LogP contribution in [-0.4, -0.2) is 0 Å². The largest absolute Gasteiger partial charge is 0.310 e. The van der Waals surface area contributed by atoms with Gasteiger partial charge in [-0.05, 0) is 145 Å². The van der Waals surface area contributed by atoms with E-state index in [4.69, 9.17) is 0 Å². The number of nitrogens with zero attached hydrogens (tertiary/aromatic N) is 2. The van der Waals surface area contributed by atoms with Crippen molar-refractivity contribution in [3.8, 4) is 0 Å². The van der Waals surface area contributed by atoms with Crippen LogP contribution < -0.4 is 9.80 Å². The fourth-order valence-corrected chi connectivity index (χ4v) is 6.64. The predicted octanol–water partition coefficient (Wildman–Crippen LogP) is 14.2. The first-order valence-corrected chi connectivity index (χ1v) is 17.9. The van der Waals surface area contributed by atoms with Crippen molar-refractivity contribution in [3.63, 3.8) is 0 Å². The molecule has 0 atom stereocenters. The first kappa shape index (κ1) is 34.1. The zero-order chi connectivity index (χ0) is 35.9. The summed E-state index contributed by atoms with van der Waals surface area (Å²) in [6.45, 7) is 8.66. The second kappa shape index (κ2) is 15.7. The molecule has 0 heterocycles. The maximum absolute atomic E-state index is 2.31. The van der Waals surface area contributed by atoms with Crippen molar-refractivity contribution >= 4 is 58.4 Å². The third-order valence-corrected chi connectivity index (χ3v) is 9.42. The van der Waals surface area contributed by atoms with E-state index in [0.29, 0.717) is 0 Å². The molecule has 2 nitrogen and oxygen atoms in total. The van der Waals surface area contributed by atoms with Crippen LogP contribution in [0.4, 0.5) is 34.1 Å². The van der Waals surface area contributed by atoms with Gasteiger partial charge in [-0.1, -0.05) is 121 Å². The second-order valence-electron chi connectivity index (χ2n) is 13.4. The Bertz CT molecular complexity index is 2150. The molecular weight excluding hydrogens is 629 g/mol. The number of anilines is 6. The number of benzene rings is 7. The fourth-order valence-electron chi connectivity index (χ4n) is 6.64. The molecule has 0 unspecified atom stereocenters. The van der Waals surface area contributed by atoms with Gasteiger partial charge >= 0.3 is 0 Å². The van der Waals surface area contributed by atoms with Gasteiger partial charge in [0.15, 0.2) is 0 Å². The molecule has 0 aliphatic heterocycles. The average Bonchev–Trinajstić information content (AvgIpc) is 3.17. The molecule has 0 N–H and O–H groups in total. The van der Waals surface area contributed by atoms with E-state index in [1.165, 1.54) is 44.5 Å². The summed E-state index contributed by atoms with van der Waals surface area (Å²) < 4.78 is 0. The van der Waals surface area contributed by atoms with Crippen molar-refractivity contribution < 1.29 is 0 Å². The maximum atomic E-state index is 2.31. The van der Waals surface area contributed by atoms with Gasteiger partial charge < -0.3 is 9.80 Å². The van der Waals surface area contributed by atoms with E-state index >= 15 is 0 Å². The van der Waals surface area contributed by atoms with Gasteiger partial charge in [-0.2, -0.15) is 0 Å². The van der Waals surface area contributed by atoms with Crippen molar-refractivity contribution in [2.45, 2.75) is 27.7 Å². The lowest BCUT2D eigenvalue weighted by Crippen LogP contribution is -2.09. The minimum absolute atomic E-state index is 1.13. The number of para-hydroxylation sites is 2. The second-order valence-corrected chi connectivity index (χ2v) is 13.4. The van der Waals surface area contributed by atoms with Gasteiger partial charge in [0.25, 0.3) is 0 Å². The lowest BCUT2D eigenvalue weighted by Gasteiger charge is -2.25. The van der Waals surface area contributed by atoms with Gasteiger partial charge in [0.05, 0.1) is 0 Å². The summed E-state index contributed by atoms with van der Waals surface area (Å²) in [7, 11) is 0. The fraction of sp³-hybridized carbons (Fsp3) is 0.0800. The Morgan fingerprint density at radius 2 is 0.654 bits per heavy atom. The average molecular weight is 673 g/mol. The van der Waals surface area contributed by atoms with Crippen molar-refractivity contribution in [1.29, 1.82) is 0 Å². The maximum Gasteiger partial charge on any atom is 0.0464 e. The van der Waals surface area contributed by atoms with Crippen molar-refractivity contribution in [2.75, 3.05) is 9.80 Å². The Balaban J connectivity index is 1.07. The van der Waals surface area contributed by atoms with E-state index in [2.05, 4.69) is 232 Å². The highest BCUT2D eigenvalue weighted by Crippen LogP contribution is 2.36. The van der Waals surface area contributed by atoms with Crippen LogP contribution in [0, 0.1) is 27.7 Å². The number of hydrogen-bond donors (Lipinski definition) is 0.